The van der Waals surface area contributed by atoms with Crippen LogP contribution in [0, 0.1) is 0 Å². The van der Waals surface area contributed by atoms with E-state index in [1.54, 1.807) is 0 Å². The first-order valence-electron chi connectivity index (χ1n) is 6.05. The molecule has 1 aliphatic heterocycles. The van der Waals surface area contributed by atoms with Crippen molar-refractivity contribution in [2.45, 2.75) is 18.5 Å². The summed E-state index contributed by atoms with van der Waals surface area (Å²) in [7, 11) is 0. The molecule has 1 aromatic heterocycles. The zero-order valence-corrected chi connectivity index (χ0v) is 10.1. The van der Waals surface area contributed by atoms with E-state index in [0.29, 0.717) is 5.82 Å². The molecular weight excluding hydrogens is 228 g/mol. The van der Waals surface area contributed by atoms with Crippen LogP contribution in [0.4, 0.5) is 0 Å². The zero-order chi connectivity index (χ0) is 12.4. The molecule has 6 heteroatoms. The Kier molecular flexibility index (Phi) is 2.81. The number of rotatable bonds is 3. The zero-order valence-electron chi connectivity index (χ0n) is 10.1. The van der Waals surface area contributed by atoms with Crippen LogP contribution in [0.25, 0.3) is 0 Å². The summed E-state index contributed by atoms with van der Waals surface area (Å²) in [6.45, 7) is 2.64. The van der Waals surface area contributed by atoms with E-state index in [1.165, 1.54) is 5.56 Å². The first-order valence-corrected chi connectivity index (χ1v) is 6.05. The first-order chi connectivity index (χ1) is 8.76. The Balaban J connectivity index is 1.69. The number of nitrogens with two attached hydrogens (primary N) is 1. The van der Waals surface area contributed by atoms with Gasteiger partial charge in [-0.1, -0.05) is 35.5 Å². The van der Waals surface area contributed by atoms with Crippen molar-refractivity contribution >= 4 is 0 Å². The predicted octanol–water partition coefficient (Wildman–Crippen LogP) is 0.260. The molecule has 0 bridgehead atoms. The summed E-state index contributed by atoms with van der Waals surface area (Å²) in [4.78, 5) is 2.33. The minimum Gasteiger partial charge on any atom is -0.318 e. The molecule has 1 unspecified atom stereocenters. The maximum Gasteiger partial charge on any atom is 0.195 e. The Morgan fingerprint density at radius 1 is 1.33 bits per heavy atom. The second-order valence-corrected chi connectivity index (χ2v) is 4.84. The van der Waals surface area contributed by atoms with Gasteiger partial charge in [-0.25, -0.2) is 0 Å². The van der Waals surface area contributed by atoms with Gasteiger partial charge in [0.2, 0.25) is 0 Å². The molecule has 3 N–H and O–H groups in total. The van der Waals surface area contributed by atoms with Crippen molar-refractivity contribution < 1.29 is 0 Å². The van der Waals surface area contributed by atoms with Crippen LogP contribution in [-0.2, 0) is 12.1 Å². The monoisotopic (exact) mass is 244 g/mol. The SMILES string of the molecule is NC1(c2nn[nH]n2)CCN(Cc2ccccc2)C1. The summed E-state index contributed by atoms with van der Waals surface area (Å²) in [6.07, 6.45) is 0.860. The highest BCUT2D eigenvalue weighted by Crippen LogP contribution is 2.27. The fraction of sp³-hybridized carbons (Fsp3) is 0.417. The van der Waals surface area contributed by atoms with Crippen LogP contribution in [0.3, 0.4) is 0 Å². The smallest absolute Gasteiger partial charge is 0.195 e. The molecule has 0 amide bonds. The molecule has 0 radical (unpaired) electrons. The molecule has 2 aromatic rings. The lowest BCUT2D eigenvalue weighted by atomic mass is 10.00. The molecule has 1 saturated heterocycles. The third-order valence-electron chi connectivity index (χ3n) is 3.42. The number of benzene rings is 1. The molecule has 3 rings (SSSR count). The highest BCUT2D eigenvalue weighted by Gasteiger charge is 2.39. The number of hydrogen-bond acceptors (Lipinski definition) is 5. The molecule has 2 heterocycles. The van der Waals surface area contributed by atoms with Gasteiger partial charge in [0.25, 0.3) is 0 Å². The topological polar surface area (TPSA) is 83.7 Å². The molecule has 1 atom stereocenters. The van der Waals surface area contributed by atoms with E-state index in [9.17, 15) is 0 Å². The number of H-pyrrole nitrogens is 1. The maximum absolute atomic E-state index is 6.34. The molecule has 0 spiro atoms. The third kappa shape index (κ3) is 2.12. The molecule has 0 saturated carbocycles. The van der Waals surface area contributed by atoms with E-state index >= 15 is 0 Å². The van der Waals surface area contributed by atoms with Crippen molar-refractivity contribution in [3.8, 4) is 0 Å². The Bertz CT molecular complexity index is 497. The molecule has 0 aliphatic carbocycles. The van der Waals surface area contributed by atoms with E-state index in [0.717, 1.165) is 26.1 Å². The van der Waals surface area contributed by atoms with Gasteiger partial charge in [0.1, 0.15) is 0 Å². The Hall–Kier alpha value is -1.79. The molecule has 1 fully saturated rings. The van der Waals surface area contributed by atoms with Crippen LogP contribution in [0.1, 0.15) is 17.8 Å². The van der Waals surface area contributed by atoms with Crippen LogP contribution in [0.5, 0.6) is 0 Å². The van der Waals surface area contributed by atoms with Gasteiger partial charge in [-0.2, -0.15) is 5.21 Å². The van der Waals surface area contributed by atoms with Crippen molar-refractivity contribution in [3.05, 3.63) is 41.7 Å². The summed E-state index contributed by atoms with van der Waals surface area (Å²) in [5.74, 6) is 0.609. The van der Waals surface area contributed by atoms with Crippen LogP contribution in [0.2, 0.25) is 0 Å². The summed E-state index contributed by atoms with van der Waals surface area (Å²) >= 11 is 0. The van der Waals surface area contributed by atoms with E-state index in [1.807, 2.05) is 6.07 Å². The van der Waals surface area contributed by atoms with Gasteiger partial charge in [-0.05, 0) is 12.0 Å². The second-order valence-electron chi connectivity index (χ2n) is 4.84. The summed E-state index contributed by atoms with van der Waals surface area (Å²) in [6, 6.07) is 10.4. The minimum atomic E-state index is -0.470. The lowest BCUT2D eigenvalue weighted by molar-refractivity contribution is 0.300. The van der Waals surface area contributed by atoms with Gasteiger partial charge in [0, 0.05) is 19.6 Å². The number of tetrazole rings is 1. The second kappa shape index (κ2) is 4.47. The van der Waals surface area contributed by atoms with Gasteiger partial charge in [-0.3, -0.25) is 4.90 Å². The Labute approximate surface area is 105 Å². The molecule has 1 aliphatic rings. The average Bonchev–Trinajstić information content (AvgIpc) is 3.01. The minimum absolute atomic E-state index is 0.470. The average molecular weight is 244 g/mol. The number of aromatic amines is 1. The summed E-state index contributed by atoms with van der Waals surface area (Å²) in [5, 5.41) is 14.1. The lowest BCUT2D eigenvalue weighted by Gasteiger charge is -2.21. The van der Waals surface area contributed by atoms with E-state index in [4.69, 9.17) is 5.73 Å². The summed E-state index contributed by atoms with van der Waals surface area (Å²) < 4.78 is 0. The van der Waals surface area contributed by atoms with E-state index in [2.05, 4.69) is 49.8 Å². The van der Waals surface area contributed by atoms with Gasteiger partial charge in [0.05, 0.1) is 5.54 Å². The highest BCUT2D eigenvalue weighted by molar-refractivity contribution is 5.16. The number of likely N-dealkylation sites (tertiary alicyclic amines) is 1. The quantitative estimate of drug-likeness (QED) is 0.809. The largest absolute Gasteiger partial charge is 0.318 e. The van der Waals surface area contributed by atoms with Gasteiger partial charge >= 0.3 is 0 Å². The lowest BCUT2D eigenvalue weighted by Crippen LogP contribution is -2.40. The summed E-state index contributed by atoms with van der Waals surface area (Å²) in [5.41, 5.74) is 7.17. The predicted molar refractivity (Wildman–Crippen MR) is 66.4 cm³/mol. The molecule has 6 nitrogen and oxygen atoms in total. The standard InChI is InChI=1S/C12H16N6/c13-12(11-14-16-17-15-11)6-7-18(9-12)8-10-4-2-1-3-5-10/h1-5H,6-9,13H2,(H,14,15,16,17). The number of hydrogen-bond donors (Lipinski definition) is 2. The van der Waals surface area contributed by atoms with Crippen molar-refractivity contribution in [1.82, 2.24) is 25.5 Å². The Morgan fingerprint density at radius 3 is 2.89 bits per heavy atom. The van der Waals surface area contributed by atoms with E-state index < -0.39 is 5.54 Å². The van der Waals surface area contributed by atoms with Crippen molar-refractivity contribution in [2.75, 3.05) is 13.1 Å². The fourth-order valence-electron chi connectivity index (χ4n) is 2.45. The number of nitrogens with one attached hydrogen (secondary N) is 1. The van der Waals surface area contributed by atoms with Crippen molar-refractivity contribution in [2.24, 2.45) is 5.73 Å². The molecule has 18 heavy (non-hydrogen) atoms. The molecule has 94 valence electrons. The fourth-order valence-corrected chi connectivity index (χ4v) is 2.45. The van der Waals surface area contributed by atoms with Gasteiger partial charge in [-0.15, -0.1) is 10.2 Å². The first kappa shape index (κ1) is 11.3. The van der Waals surface area contributed by atoms with Crippen molar-refractivity contribution in [1.29, 1.82) is 0 Å². The van der Waals surface area contributed by atoms with Crippen LogP contribution < -0.4 is 5.73 Å². The van der Waals surface area contributed by atoms with E-state index in [-0.39, 0.29) is 0 Å². The number of nitrogens with zero attached hydrogens (tertiary/aromatic N) is 4. The maximum atomic E-state index is 6.34. The third-order valence-corrected chi connectivity index (χ3v) is 3.42. The normalized spacial score (nSPS) is 24.5. The Morgan fingerprint density at radius 2 is 2.17 bits per heavy atom. The van der Waals surface area contributed by atoms with Crippen molar-refractivity contribution in [3.63, 3.8) is 0 Å². The van der Waals surface area contributed by atoms with Crippen LogP contribution in [-0.4, -0.2) is 38.6 Å². The molecular formula is C12H16N6. The molecule has 1 aromatic carbocycles. The number of aromatic nitrogens is 4. The highest BCUT2D eigenvalue weighted by atomic mass is 15.5. The van der Waals surface area contributed by atoms with Crippen LogP contribution >= 0.6 is 0 Å². The van der Waals surface area contributed by atoms with Gasteiger partial charge < -0.3 is 5.73 Å². The van der Waals surface area contributed by atoms with Crippen LogP contribution in [0.15, 0.2) is 30.3 Å². The van der Waals surface area contributed by atoms with Gasteiger partial charge in [0.15, 0.2) is 5.82 Å².